The number of anilines is 2. The van der Waals surface area contributed by atoms with Gasteiger partial charge in [-0.1, -0.05) is 42.5 Å². The molecule has 1 N–H and O–H groups in total. The van der Waals surface area contributed by atoms with Crippen molar-refractivity contribution in [2.24, 2.45) is 0 Å². The number of carbonyl (C=O) groups excluding carboxylic acids is 1. The van der Waals surface area contributed by atoms with Crippen LogP contribution in [-0.4, -0.2) is 44.6 Å². The minimum absolute atomic E-state index is 0.0111. The van der Waals surface area contributed by atoms with Crippen LogP contribution in [0.4, 0.5) is 11.5 Å². The maximum Gasteiger partial charge on any atom is 0.262 e. The van der Waals surface area contributed by atoms with Crippen LogP contribution in [-0.2, 0) is 11.3 Å². The first-order valence-electron chi connectivity index (χ1n) is 11.5. The molecule has 1 aliphatic rings. The number of likely N-dealkylation sites (N-methyl/N-ethyl adjacent to an activating group) is 1. The second-order valence-corrected chi connectivity index (χ2v) is 8.47. The Labute approximate surface area is 196 Å². The lowest BCUT2D eigenvalue weighted by Crippen LogP contribution is -2.33. The highest BCUT2D eigenvalue weighted by molar-refractivity contribution is 6.09. The van der Waals surface area contributed by atoms with Crippen LogP contribution in [0.1, 0.15) is 39.7 Å². The third kappa shape index (κ3) is 5.41. The molecule has 0 saturated heterocycles. The molecule has 0 spiro atoms. The molecule has 0 radical (unpaired) electrons. The summed E-state index contributed by atoms with van der Waals surface area (Å²) in [6.45, 7) is 4.63. The molecule has 1 aromatic heterocycles. The molecule has 6 heteroatoms. The molecule has 1 amide bonds. The number of ether oxygens (including phenoxy) is 1. The Bertz CT molecular complexity index is 1090. The molecular formula is C27H32N4O2. The molecule has 0 fully saturated rings. The lowest BCUT2D eigenvalue weighted by molar-refractivity contribution is 0.0344. The van der Waals surface area contributed by atoms with E-state index in [2.05, 4.69) is 39.5 Å². The Morgan fingerprint density at radius 2 is 1.88 bits per heavy atom. The number of rotatable bonds is 8. The van der Waals surface area contributed by atoms with Crippen LogP contribution in [0, 0.1) is 6.92 Å². The summed E-state index contributed by atoms with van der Waals surface area (Å²) in [5, 5.41) is 3.21. The SMILES string of the molecule is CNCCC(OCc1cccc(N2CCN(C)c3nc(C)ccc3C2=O)c1)c1ccccc1. The van der Waals surface area contributed by atoms with Gasteiger partial charge >= 0.3 is 0 Å². The molecule has 6 nitrogen and oxygen atoms in total. The van der Waals surface area contributed by atoms with Crippen molar-refractivity contribution >= 4 is 17.4 Å². The minimum Gasteiger partial charge on any atom is -0.369 e. The average Bonchev–Trinajstić information content (AvgIpc) is 2.96. The van der Waals surface area contributed by atoms with Gasteiger partial charge in [0.05, 0.1) is 18.3 Å². The van der Waals surface area contributed by atoms with Gasteiger partial charge in [0, 0.05) is 31.5 Å². The zero-order valence-electron chi connectivity index (χ0n) is 19.6. The largest absolute Gasteiger partial charge is 0.369 e. The van der Waals surface area contributed by atoms with Crippen molar-refractivity contribution in [3.8, 4) is 0 Å². The van der Waals surface area contributed by atoms with Gasteiger partial charge in [-0.25, -0.2) is 4.98 Å². The Kier molecular flexibility index (Phi) is 7.37. The van der Waals surface area contributed by atoms with E-state index >= 15 is 0 Å². The van der Waals surface area contributed by atoms with Gasteiger partial charge < -0.3 is 19.9 Å². The number of hydrogen-bond donors (Lipinski definition) is 1. The number of benzene rings is 2. The van der Waals surface area contributed by atoms with Crippen LogP contribution < -0.4 is 15.1 Å². The summed E-state index contributed by atoms with van der Waals surface area (Å²) in [6.07, 6.45) is 0.900. The normalized spacial score (nSPS) is 14.7. The highest BCUT2D eigenvalue weighted by Gasteiger charge is 2.27. The van der Waals surface area contributed by atoms with Crippen molar-refractivity contribution in [1.82, 2.24) is 10.3 Å². The summed E-state index contributed by atoms with van der Waals surface area (Å²) in [7, 11) is 3.94. The first-order valence-corrected chi connectivity index (χ1v) is 11.5. The number of amides is 1. The topological polar surface area (TPSA) is 57.7 Å². The van der Waals surface area contributed by atoms with Gasteiger partial charge in [0.15, 0.2) is 0 Å². The van der Waals surface area contributed by atoms with E-state index in [4.69, 9.17) is 4.74 Å². The number of nitrogens with zero attached hydrogens (tertiary/aromatic N) is 3. The predicted octanol–water partition coefficient (Wildman–Crippen LogP) is 4.35. The van der Waals surface area contributed by atoms with E-state index in [1.807, 2.05) is 68.4 Å². The third-order valence-electron chi connectivity index (χ3n) is 6.01. The fourth-order valence-corrected chi connectivity index (χ4v) is 4.15. The number of pyridine rings is 1. The van der Waals surface area contributed by atoms with Crippen LogP contribution in [0.25, 0.3) is 0 Å². The Balaban J connectivity index is 1.52. The second-order valence-electron chi connectivity index (χ2n) is 8.47. The maximum atomic E-state index is 13.4. The van der Waals surface area contributed by atoms with E-state index in [-0.39, 0.29) is 12.0 Å². The first kappa shape index (κ1) is 23.0. The molecule has 4 rings (SSSR count). The van der Waals surface area contributed by atoms with E-state index in [0.29, 0.717) is 18.7 Å². The zero-order chi connectivity index (χ0) is 23.2. The van der Waals surface area contributed by atoms with Gasteiger partial charge in [0.1, 0.15) is 5.82 Å². The van der Waals surface area contributed by atoms with Gasteiger partial charge in [-0.3, -0.25) is 4.79 Å². The first-order chi connectivity index (χ1) is 16.1. The number of aryl methyl sites for hydroxylation is 1. The van der Waals surface area contributed by atoms with Crippen LogP contribution in [0.3, 0.4) is 0 Å². The molecule has 172 valence electrons. The summed E-state index contributed by atoms with van der Waals surface area (Å²) >= 11 is 0. The summed E-state index contributed by atoms with van der Waals surface area (Å²) < 4.78 is 6.33. The Morgan fingerprint density at radius 3 is 2.67 bits per heavy atom. The van der Waals surface area contributed by atoms with Crippen molar-refractivity contribution in [3.63, 3.8) is 0 Å². The highest BCUT2D eigenvalue weighted by Crippen LogP contribution is 2.28. The highest BCUT2D eigenvalue weighted by atomic mass is 16.5. The van der Waals surface area contributed by atoms with Gasteiger partial charge in [0.25, 0.3) is 5.91 Å². The number of fused-ring (bicyclic) bond motifs is 1. The Hall–Kier alpha value is -3.22. The fourth-order valence-electron chi connectivity index (χ4n) is 4.15. The molecule has 1 aliphatic heterocycles. The fraction of sp³-hybridized carbons (Fsp3) is 0.333. The molecule has 0 aliphatic carbocycles. The Morgan fingerprint density at radius 1 is 1.06 bits per heavy atom. The van der Waals surface area contributed by atoms with E-state index in [1.54, 1.807) is 0 Å². The van der Waals surface area contributed by atoms with Crippen molar-refractivity contribution in [1.29, 1.82) is 0 Å². The second kappa shape index (κ2) is 10.6. The molecule has 1 unspecified atom stereocenters. The van der Waals surface area contributed by atoms with E-state index < -0.39 is 0 Å². The summed E-state index contributed by atoms with van der Waals surface area (Å²) in [4.78, 5) is 21.9. The maximum absolute atomic E-state index is 13.4. The van der Waals surface area contributed by atoms with Gasteiger partial charge in [-0.05, 0) is 62.3 Å². The summed E-state index contributed by atoms with van der Waals surface area (Å²) in [6, 6.07) is 22.2. The molecule has 2 heterocycles. The third-order valence-corrected chi connectivity index (χ3v) is 6.01. The van der Waals surface area contributed by atoms with Crippen molar-refractivity contribution in [3.05, 3.63) is 89.1 Å². The zero-order valence-corrected chi connectivity index (χ0v) is 19.6. The lowest BCUT2D eigenvalue weighted by Gasteiger charge is -2.22. The minimum atomic E-state index is -0.0175. The number of aromatic nitrogens is 1. The monoisotopic (exact) mass is 444 g/mol. The van der Waals surface area contributed by atoms with E-state index in [9.17, 15) is 4.79 Å². The van der Waals surface area contributed by atoms with Gasteiger partial charge in [-0.15, -0.1) is 0 Å². The summed E-state index contributed by atoms with van der Waals surface area (Å²) in [5.74, 6) is 0.730. The molecule has 0 bridgehead atoms. The predicted molar refractivity (Wildman–Crippen MR) is 133 cm³/mol. The van der Waals surface area contributed by atoms with Gasteiger partial charge in [-0.2, -0.15) is 0 Å². The number of nitrogens with one attached hydrogen (secondary N) is 1. The molecule has 1 atom stereocenters. The van der Waals surface area contributed by atoms with E-state index in [0.717, 1.165) is 42.3 Å². The number of hydrogen-bond acceptors (Lipinski definition) is 5. The quantitative estimate of drug-likeness (QED) is 0.560. The number of carbonyl (C=O) groups is 1. The van der Waals surface area contributed by atoms with Crippen LogP contribution in [0.5, 0.6) is 0 Å². The standard InChI is InChI=1S/C27H32N4O2/c1-20-12-13-24-26(29-20)30(3)16-17-31(27(24)32)23-11-7-8-21(18-23)19-33-25(14-15-28-2)22-9-5-4-6-10-22/h4-13,18,25,28H,14-17,19H2,1-3H3. The van der Waals surface area contributed by atoms with E-state index in [1.165, 1.54) is 5.56 Å². The van der Waals surface area contributed by atoms with Crippen molar-refractivity contribution < 1.29 is 9.53 Å². The van der Waals surface area contributed by atoms with Gasteiger partial charge in [0.2, 0.25) is 0 Å². The molecular weight excluding hydrogens is 412 g/mol. The smallest absolute Gasteiger partial charge is 0.262 e. The van der Waals surface area contributed by atoms with Crippen LogP contribution in [0.15, 0.2) is 66.7 Å². The van der Waals surface area contributed by atoms with Crippen LogP contribution in [0.2, 0.25) is 0 Å². The van der Waals surface area contributed by atoms with Crippen molar-refractivity contribution in [2.75, 3.05) is 43.5 Å². The van der Waals surface area contributed by atoms with Crippen LogP contribution >= 0.6 is 0 Å². The average molecular weight is 445 g/mol. The van der Waals surface area contributed by atoms with Crippen molar-refractivity contribution in [2.45, 2.75) is 26.1 Å². The molecule has 33 heavy (non-hydrogen) atoms. The molecule has 2 aromatic carbocycles. The molecule has 0 saturated carbocycles. The summed E-state index contributed by atoms with van der Waals surface area (Å²) in [5.41, 5.74) is 4.65. The molecule has 3 aromatic rings. The lowest BCUT2D eigenvalue weighted by atomic mass is 10.1.